The van der Waals surface area contributed by atoms with E-state index in [-0.39, 0.29) is 30.2 Å². The lowest BCUT2D eigenvalue weighted by molar-refractivity contribution is -0.139. The van der Waals surface area contributed by atoms with Crippen LogP contribution in [0.3, 0.4) is 0 Å². The van der Waals surface area contributed by atoms with Gasteiger partial charge in [0.05, 0.1) is 23.4 Å². The Bertz CT molecular complexity index is 1640. The van der Waals surface area contributed by atoms with Gasteiger partial charge in [-0.1, -0.05) is 12.1 Å². The largest absolute Gasteiger partial charge is 0.491 e. The molecule has 1 aromatic heterocycles. The second kappa shape index (κ2) is 8.38. The summed E-state index contributed by atoms with van der Waals surface area (Å²) in [6.45, 7) is -0.243. The Balaban J connectivity index is 1.27. The maximum absolute atomic E-state index is 13.7. The van der Waals surface area contributed by atoms with Crippen LogP contribution in [0.1, 0.15) is 11.1 Å². The van der Waals surface area contributed by atoms with Gasteiger partial charge in [0.15, 0.2) is 15.4 Å². The highest BCUT2D eigenvalue weighted by Crippen LogP contribution is 2.43. The summed E-state index contributed by atoms with van der Waals surface area (Å²) in [5.74, 6) is -2.05. The third-order valence-electron chi connectivity index (χ3n) is 7.05. The fraction of sp³-hybridized carbons (Fsp3) is 0.280. The number of nitrogens with zero attached hydrogens (tertiary/aromatic N) is 4. The molecule has 2 aromatic carbocycles. The number of aromatic nitrogens is 2. The van der Waals surface area contributed by atoms with Gasteiger partial charge >= 0.3 is 6.03 Å². The van der Waals surface area contributed by atoms with Crippen LogP contribution in [0, 0.1) is 5.82 Å². The van der Waals surface area contributed by atoms with Gasteiger partial charge in [-0.2, -0.15) is 5.10 Å². The van der Waals surface area contributed by atoms with Gasteiger partial charge in [0, 0.05) is 36.5 Å². The minimum absolute atomic E-state index is 0.0368. The number of sulfone groups is 1. The van der Waals surface area contributed by atoms with Crippen molar-refractivity contribution in [1.29, 1.82) is 0 Å². The number of fused-ring (bicyclic) bond motifs is 3. The molecule has 11 nitrogen and oxygen atoms in total. The molecule has 6 rings (SSSR count). The number of rotatable bonds is 3. The molecule has 0 radical (unpaired) electrons. The van der Waals surface area contributed by atoms with E-state index in [1.54, 1.807) is 30.2 Å². The van der Waals surface area contributed by atoms with E-state index in [9.17, 15) is 27.2 Å². The Morgan fingerprint density at radius 2 is 2.00 bits per heavy atom. The highest BCUT2D eigenvalue weighted by molar-refractivity contribution is 7.92. The van der Waals surface area contributed by atoms with Crippen LogP contribution in [-0.2, 0) is 38.6 Å². The topological polar surface area (TPSA) is 131 Å². The van der Waals surface area contributed by atoms with Gasteiger partial charge in [-0.25, -0.2) is 17.6 Å². The summed E-state index contributed by atoms with van der Waals surface area (Å²) in [5.41, 5.74) is 0.0943. The monoisotopic (exact) mass is 539 g/mol. The molecule has 1 spiro atoms. The number of amides is 4. The molecular weight excluding hydrogens is 517 g/mol. The lowest BCUT2D eigenvalue weighted by Crippen LogP contribution is -2.47. The Morgan fingerprint density at radius 3 is 2.76 bits per heavy atom. The molecule has 0 bridgehead atoms. The van der Waals surface area contributed by atoms with E-state index < -0.39 is 51.3 Å². The first-order valence-electron chi connectivity index (χ1n) is 11.8. The van der Waals surface area contributed by atoms with E-state index in [1.807, 2.05) is 0 Å². The second-order valence-electron chi connectivity index (χ2n) is 9.52. The number of halogens is 1. The Labute approximate surface area is 216 Å². The van der Waals surface area contributed by atoms with Gasteiger partial charge in [0.25, 0.3) is 5.91 Å². The van der Waals surface area contributed by atoms with E-state index in [0.717, 1.165) is 4.90 Å². The number of benzene rings is 2. The summed E-state index contributed by atoms with van der Waals surface area (Å²) in [4.78, 5) is 41.7. The zero-order valence-electron chi connectivity index (χ0n) is 20.2. The zero-order chi connectivity index (χ0) is 26.8. The number of carbonyl (C=O) groups is 3. The highest BCUT2D eigenvalue weighted by atomic mass is 32.2. The van der Waals surface area contributed by atoms with Gasteiger partial charge in [-0.3, -0.25) is 19.2 Å². The van der Waals surface area contributed by atoms with Gasteiger partial charge < -0.3 is 15.0 Å². The van der Waals surface area contributed by atoms with Crippen LogP contribution in [0.25, 0.3) is 11.1 Å². The van der Waals surface area contributed by atoms with Gasteiger partial charge in [0.1, 0.15) is 24.7 Å². The minimum atomic E-state index is -3.93. The minimum Gasteiger partial charge on any atom is -0.491 e. The zero-order valence-corrected chi connectivity index (χ0v) is 21.0. The van der Waals surface area contributed by atoms with E-state index in [1.165, 1.54) is 35.2 Å². The van der Waals surface area contributed by atoms with E-state index in [0.29, 0.717) is 22.4 Å². The Kier molecular flexibility index (Phi) is 5.31. The van der Waals surface area contributed by atoms with Gasteiger partial charge in [0.2, 0.25) is 5.91 Å². The first-order chi connectivity index (χ1) is 18.1. The molecule has 38 heavy (non-hydrogen) atoms. The standard InChI is InChI=1S/C25H22FN5O6S/c1-29-11-17(10-27-29)15-2-4-19-21(9-15)38(35,36)14-25(19)23(33)31(24(34)28-25)13-22(32)30-6-7-37-20-5-3-18(26)8-16(20)12-30/h2-5,8-11H,6-7,12-14H2,1H3,(H,28,34)/t25-/m1/s1. The molecule has 0 saturated carbocycles. The van der Waals surface area contributed by atoms with E-state index >= 15 is 0 Å². The van der Waals surface area contributed by atoms with Crippen LogP contribution in [0.15, 0.2) is 53.7 Å². The Hall–Kier alpha value is -4.26. The number of hydrogen-bond acceptors (Lipinski definition) is 7. The molecular formula is C25H22FN5O6S. The molecule has 1 fully saturated rings. The SMILES string of the molecule is Cn1cc(-c2ccc3c(c2)S(=O)(=O)C[C@@]32NC(=O)N(CC(=O)N3CCOc4ccc(F)cc4C3)C2=O)cn1. The number of urea groups is 1. The maximum atomic E-state index is 13.7. The van der Waals surface area contributed by atoms with Crippen LogP contribution in [0.4, 0.5) is 9.18 Å². The molecule has 1 saturated heterocycles. The number of aryl methyl sites for hydroxylation is 1. The van der Waals surface area contributed by atoms with Crippen molar-refractivity contribution < 1.29 is 31.9 Å². The molecule has 13 heteroatoms. The fourth-order valence-corrected chi connectivity index (χ4v) is 7.14. The Morgan fingerprint density at radius 1 is 1.18 bits per heavy atom. The molecule has 0 aliphatic carbocycles. The fourth-order valence-electron chi connectivity index (χ4n) is 5.18. The smallest absolute Gasteiger partial charge is 0.325 e. The predicted octanol–water partition coefficient (Wildman–Crippen LogP) is 1.18. The first kappa shape index (κ1) is 24.1. The summed E-state index contributed by atoms with van der Waals surface area (Å²) >= 11 is 0. The van der Waals surface area contributed by atoms with Crippen molar-refractivity contribution in [2.75, 3.05) is 25.4 Å². The summed E-state index contributed by atoms with van der Waals surface area (Å²) in [6, 6.07) is 7.80. The molecule has 4 amide bonds. The van der Waals surface area contributed by atoms with Crippen molar-refractivity contribution >= 4 is 27.7 Å². The normalized spacial score (nSPS) is 21.6. The lowest BCUT2D eigenvalue weighted by Gasteiger charge is -2.23. The third kappa shape index (κ3) is 3.72. The summed E-state index contributed by atoms with van der Waals surface area (Å²) in [5, 5.41) is 6.65. The summed E-state index contributed by atoms with van der Waals surface area (Å²) in [6.07, 6.45) is 3.32. The van der Waals surface area contributed by atoms with E-state index in [2.05, 4.69) is 10.4 Å². The number of hydrogen-bond donors (Lipinski definition) is 1. The van der Waals surface area contributed by atoms with Crippen molar-refractivity contribution in [2.24, 2.45) is 7.05 Å². The molecule has 4 heterocycles. The molecule has 1 N–H and O–H groups in total. The summed E-state index contributed by atoms with van der Waals surface area (Å²) < 4.78 is 47.2. The van der Waals surface area contributed by atoms with Gasteiger partial charge in [-0.15, -0.1) is 0 Å². The predicted molar refractivity (Wildman–Crippen MR) is 130 cm³/mol. The number of carbonyl (C=O) groups excluding carboxylic acids is 3. The molecule has 3 aliphatic heterocycles. The summed E-state index contributed by atoms with van der Waals surface area (Å²) in [7, 11) is -2.19. The van der Waals surface area contributed by atoms with Crippen LogP contribution in [0.2, 0.25) is 0 Å². The molecule has 3 aromatic rings. The molecule has 1 atom stereocenters. The number of ether oxygens (including phenoxy) is 1. The van der Waals surface area contributed by atoms with Crippen LogP contribution in [-0.4, -0.2) is 71.3 Å². The number of imide groups is 1. The van der Waals surface area contributed by atoms with Crippen LogP contribution >= 0.6 is 0 Å². The molecule has 0 unspecified atom stereocenters. The third-order valence-corrected chi connectivity index (χ3v) is 8.87. The average molecular weight is 540 g/mol. The van der Waals surface area contributed by atoms with Gasteiger partial charge in [-0.05, 0) is 29.8 Å². The van der Waals surface area contributed by atoms with Crippen molar-refractivity contribution in [2.45, 2.75) is 17.0 Å². The van der Waals surface area contributed by atoms with Crippen molar-refractivity contribution in [3.05, 3.63) is 65.7 Å². The van der Waals surface area contributed by atoms with Crippen LogP contribution in [0.5, 0.6) is 5.75 Å². The number of nitrogens with one attached hydrogen (secondary N) is 1. The van der Waals surface area contributed by atoms with Crippen LogP contribution < -0.4 is 10.1 Å². The quantitative estimate of drug-likeness (QED) is 0.495. The highest BCUT2D eigenvalue weighted by Gasteiger charge is 2.60. The van der Waals surface area contributed by atoms with E-state index in [4.69, 9.17) is 4.74 Å². The molecule has 196 valence electrons. The second-order valence-corrected chi connectivity index (χ2v) is 11.5. The van der Waals surface area contributed by atoms with Crippen molar-refractivity contribution in [3.8, 4) is 16.9 Å². The van der Waals surface area contributed by atoms with Crippen molar-refractivity contribution in [3.63, 3.8) is 0 Å². The average Bonchev–Trinajstić information content (AvgIpc) is 3.40. The molecule has 3 aliphatic rings. The maximum Gasteiger partial charge on any atom is 0.325 e. The van der Waals surface area contributed by atoms with Crippen molar-refractivity contribution in [1.82, 2.24) is 24.9 Å². The lowest BCUT2D eigenvalue weighted by atomic mass is 9.91. The first-order valence-corrected chi connectivity index (χ1v) is 13.4.